The number of ether oxygens (including phenoxy) is 1. The number of benzene rings is 1. The van der Waals surface area contributed by atoms with Gasteiger partial charge in [0, 0.05) is 22.7 Å². The minimum Gasteiger partial charge on any atom is -0.490 e. The Hall–Kier alpha value is -1.55. The van der Waals surface area contributed by atoms with Gasteiger partial charge in [-0.1, -0.05) is 0 Å². The zero-order valence-corrected chi connectivity index (χ0v) is 11.4. The summed E-state index contributed by atoms with van der Waals surface area (Å²) in [5, 5.41) is 4.33. The Morgan fingerprint density at radius 2 is 2.32 bits per heavy atom. The minimum absolute atomic E-state index is 0.204. The predicted molar refractivity (Wildman–Crippen MR) is 74.4 cm³/mol. The van der Waals surface area contributed by atoms with Crippen molar-refractivity contribution in [3.63, 3.8) is 0 Å². The molecule has 1 aromatic carbocycles. The van der Waals surface area contributed by atoms with E-state index in [4.69, 9.17) is 4.74 Å². The van der Waals surface area contributed by atoms with Gasteiger partial charge in [0.25, 0.3) is 0 Å². The van der Waals surface area contributed by atoms with Gasteiger partial charge in [-0.2, -0.15) is 0 Å². The standard InChI is InChI=1S/C15H19FN2O/c1-9-13(16)15-11(4-3-7-19-15)12-10(5-6-17-2)8-18-14(9)12/h8,17-18H,3-7H2,1-2H3. The molecule has 0 unspecified atom stereocenters. The highest BCUT2D eigenvalue weighted by Gasteiger charge is 2.23. The summed E-state index contributed by atoms with van der Waals surface area (Å²) in [5.74, 6) is 0.269. The van der Waals surface area contributed by atoms with Crippen molar-refractivity contribution in [3.8, 4) is 5.75 Å². The smallest absolute Gasteiger partial charge is 0.170 e. The van der Waals surface area contributed by atoms with Crippen molar-refractivity contribution in [2.75, 3.05) is 20.2 Å². The Morgan fingerprint density at radius 1 is 1.47 bits per heavy atom. The van der Waals surface area contributed by atoms with Crippen LogP contribution in [0.4, 0.5) is 4.39 Å². The molecule has 4 heteroatoms. The highest BCUT2D eigenvalue weighted by Crippen LogP contribution is 2.38. The molecule has 1 aromatic heterocycles. The highest BCUT2D eigenvalue weighted by atomic mass is 19.1. The molecular weight excluding hydrogens is 243 g/mol. The fourth-order valence-electron chi connectivity index (χ4n) is 2.90. The molecule has 2 N–H and O–H groups in total. The molecule has 0 atom stereocenters. The normalized spacial score (nSPS) is 14.5. The average Bonchev–Trinajstić information content (AvgIpc) is 2.86. The van der Waals surface area contributed by atoms with Gasteiger partial charge in [0.2, 0.25) is 0 Å². The average molecular weight is 262 g/mol. The van der Waals surface area contributed by atoms with Gasteiger partial charge in [0.1, 0.15) is 0 Å². The van der Waals surface area contributed by atoms with Crippen LogP contribution in [0.5, 0.6) is 5.75 Å². The third-order valence-electron chi connectivity index (χ3n) is 3.90. The molecule has 0 fully saturated rings. The maximum absolute atomic E-state index is 14.3. The lowest BCUT2D eigenvalue weighted by Gasteiger charge is -2.20. The molecular formula is C15H19FN2O. The fraction of sp³-hybridized carbons (Fsp3) is 0.467. The number of H-pyrrole nitrogens is 1. The van der Waals surface area contributed by atoms with Gasteiger partial charge in [0.15, 0.2) is 11.6 Å². The number of aryl methyl sites for hydroxylation is 2. The van der Waals surface area contributed by atoms with Crippen molar-refractivity contribution in [1.29, 1.82) is 0 Å². The van der Waals surface area contributed by atoms with Gasteiger partial charge < -0.3 is 15.0 Å². The first kappa shape index (κ1) is 12.5. The quantitative estimate of drug-likeness (QED) is 0.892. The van der Waals surface area contributed by atoms with E-state index in [1.54, 1.807) is 0 Å². The topological polar surface area (TPSA) is 37.0 Å². The molecule has 1 aliphatic heterocycles. The molecule has 0 spiro atoms. The first-order chi connectivity index (χ1) is 9.24. The summed E-state index contributed by atoms with van der Waals surface area (Å²) >= 11 is 0. The molecule has 0 saturated heterocycles. The Kier molecular flexibility index (Phi) is 3.19. The number of aromatic nitrogens is 1. The number of likely N-dealkylation sites (N-methyl/N-ethyl adjacent to an activating group) is 1. The van der Waals surface area contributed by atoms with E-state index >= 15 is 0 Å². The number of halogens is 1. The monoisotopic (exact) mass is 262 g/mol. The molecule has 0 aliphatic carbocycles. The molecule has 2 heterocycles. The first-order valence-electron chi connectivity index (χ1n) is 6.82. The lowest BCUT2D eigenvalue weighted by atomic mass is 9.95. The summed E-state index contributed by atoms with van der Waals surface area (Å²) in [5.41, 5.74) is 3.87. The van der Waals surface area contributed by atoms with Crippen LogP contribution in [0.1, 0.15) is 23.1 Å². The van der Waals surface area contributed by atoms with Crippen LogP contribution in [0.2, 0.25) is 0 Å². The van der Waals surface area contributed by atoms with Gasteiger partial charge >= 0.3 is 0 Å². The van der Waals surface area contributed by atoms with Crippen LogP contribution in [-0.2, 0) is 12.8 Å². The molecule has 0 saturated carbocycles. The molecule has 2 aromatic rings. The van der Waals surface area contributed by atoms with Gasteiger partial charge in [-0.3, -0.25) is 0 Å². The molecule has 3 nitrogen and oxygen atoms in total. The van der Waals surface area contributed by atoms with E-state index in [1.165, 1.54) is 10.9 Å². The van der Waals surface area contributed by atoms with Crippen molar-refractivity contribution in [2.45, 2.75) is 26.2 Å². The van der Waals surface area contributed by atoms with Crippen molar-refractivity contribution < 1.29 is 9.13 Å². The SMILES string of the molecule is CNCCc1c[nH]c2c(C)c(F)c3c(c12)CCCO3. The van der Waals surface area contributed by atoms with Crippen molar-refractivity contribution in [1.82, 2.24) is 10.3 Å². The molecule has 3 rings (SSSR count). The summed E-state index contributed by atoms with van der Waals surface area (Å²) in [7, 11) is 1.94. The summed E-state index contributed by atoms with van der Waals surface area (Å²) in [6.45, 7) is 3.35. The van der Waals surface area contributed by atoms with E-state index < -0.39 is 0 Å². The van der Waals surface area contributed by atoms with Crippen LogP contribution in [0.25, 0.3) is 10.9 Å². The van der Waals surface area contributed by atoms with E-state index in [2.05, 4.69) is 10.3 Å². The van der Waals surface area contributed by atoms with Crippen LogP contribution in [-0.4, -0.2) is 25.2 Å². The summed E-state index contributed by atoms with van der Waals surface area (Å²) in [4.78, 5) is 3.23. The van der Waals surface area contributed by atoms with Gasteiger partial charge in [-0.15, -0.1) is 0 Å². The lowest BCUT2D eigenvalue weighted by Crippen LogP contribution is -2.13. The Balaban J connectivity index is 2.24. The summed E-state index contributed by atoms with van der Waals surface area (Å²) < 4.78 is 19.9. The maximum Gasteiger partial charge on any atom is 0.170 e. The Morgan fingerprint density at radius 3 is 3.11 bits per heavy atom. The van der Waals surface area contributed by atoms with Crippen molar-refractivity contribution in [3.05, 3.63) is 28.7 Å². The van der Waals surface area contributed by atoms with Crippen molar-refractivity contribution in [2.24, 2.45) is 0 Å². The van der Waals surface area contributed by atoms with Gasteiger partial charge in [-0.05, 0) is 45.3 Å². The van der Waals surface area contributed by atoms with E-state index in [9.17, 15) is 4.39 Å². The van der Waals surface area contributed by atoms with Crippen LogP contribution in [0.3, 0.4) is 0 Å². The molecule has 102 valence electrons. The fourth-order valence-corrected chi connectivity index (χ4v) is 2.90. The number of fused-ring (bicyclic) bond motifs is 3. The molecule has 0 amide bonds. The zero-order valence-electron chi connectivity index (χ0n) is 11.4. The summed E-state index contributed by atoms with van der Waals surface area (Å²) in [6, 6.07) is 0. The second-order valence-electron chi connectivity index (χ2n) is 5.12. The van der Waals surface area contributed by atoms with E-state index in [1.807, 2.05) is 20.2 Å². The largest absolute Gasteiger partial charge is 0.490 e. The van der Waals surface area contributed by atoms with E-state index in [0.29, 0.717) is 17.9 Å². The highest BCUT2D eigenvalue weighted by molar-refractivity contribution is 5.91. The lowest BCUT2D eigenvalue weighted by molar-refractivity contribution is 0.274. The first-order valence-corrected chi connectivity index (χ1v) is 6.82. The number of hydrogen-bond acceptors (Lipinski definition) is 2. The zero-order chi connectivity index (χ0) is 13.4. The molecule has 1 aliphatic rings. The molecule has 0 radical (unpaired) electrons. The summed E-state index contributed by atoms with van der Waals surface area (Å²) in [6.07, 6.45) is 4.80. The maximum atomic E-state index is 14.3. The predicted octanol–water partition coefficient (Wildman–Crippen LogP) is 2.70. The number of nitrogens with one attached hydrogen (secondary N) is 2. The van der Waals surface area contributed by atoms with E-state index in [0.717, 1.165) is 36.9 Å². The van der Waals surface area contributed by atoms with Crippen LogP contribution >= 0.6 is 0 Å². The van der Waals surface area contributed by atoms with Crippen LogP contribution in [0, 0.1) is 12.7 Å². The molecule has 0 bridgehead atoms. The number of aromatic amines is 1. The van der Waals surface area contributed by atoms with Crippen molar-refractivity contribution >= 4 is 10.9 Å². The number of rotatable bonds is 3. The Bertz CT molecular complexity index is 618. The van der Waals surface area contributed by atoms with Crippen LogP contribution < -0.4 is 10.1 Å². The van der Waals surface area contributed by atoms with Gasteiger partial charge in [-0.25, -0.2) is 4.39 Å². The van der Waals surface area contributed by atoms with E-state index in [-0.39, 0.29) is 5.82 Å². The second kappa shape index (κ2) is 4.85. The second-order valence-corrected chi connectivity index (χ2v) is 5.12. The number of hydrogen-bond donors (Lipinski definition) is 2. The third-order valence-corrected chi connectivity index (χ3v) is 3.90. The van der Waals surface area contributed by atoms with Crippen LogP contribution in [0.15, 0.2) is 6.20 Å². The minimum atomic E-state index is -0.204. The molecule has 19 heavy (non-hydrogen) atoms. The third kappa shape index (κ3) is 1.91. The Labute approximate surface area is 112 Å². The van der Waals surface area contributed by atoms with Gasteiger partial charge in [0.05, 0.1) is 12.1 Å².